The molecule has 0 saturated carbocycles. The van der Waals surface area contributed by atoms with Crippen LogP contribution in [0.3, 0.4) is 0 Å². The van der Waals surface area contributed by atoms with Gasteiger partial charge in [-0.05, 0) is 46.3 Å². The molecule has 2 N–H and O–H groups in total. The van der Waals surface area contributed by atoms with Crippen molar-refractivity contribution in [3.8, 4) is 5.75 Å². The molecule has 2 aromatic rings. The first-order valence-corrected chi connectivity index (χ1v) is 7.35. The molecule has 0 aliphatic rings. The molecule has 7 heteroatoms. The first kappa shape index (κ1) is 16.1. The van der Waals surface area contributed by atoms with Crippen LogP contribution in [-0.4, -0.2) is 32.0 Å². The van der Waals surface area contributed by atoms with Crippen molar-refractivity contribution in [2.75, 3.05) is 20.2 Å². The number of amides is 2. The summed E-state index contributed by atoms with van der Waals surface area (Å²) in [7, 11) is 1.54. The van der Waals surface area contributed by atoms with Gasteiger partial charge in [0.1, 0.15) is 5.75 Å². The Balaban J connectivity index is 1.76. The summed E-state index contributed by atoms with van der Waals surface area (Å²) < 4.78 is 10.7. The number of benzene rings is 1. The molecule has 0 aliphatic heterocycles. The maximum absolute atomic E-state index is 11.9. The number of rotatable bonds is 6. The number of hydrogen-bond acceptors (Lipinski definition) is 4. The minimum Gasteiger partial charge on any atom is -0.497 e. The molecular weight excluding hydrogens is 352 g/mol. The molecule has 0 unspecified atom stereocenters. The molecule has 2 rings (SSSR count). The molecule has 0 radical (unpaired) electrons. The molecule has 0 bridgehead atoms. The molecule has 1 aromatic carbocycles. The maximum atomic E-state index is 11.9. The number of ether oxygens (including phenoxy) is 1. The third kappa shape index (κ3) is 4.36. The van der Waals surface area contributed by atoms with E-state index in [9.17, 15) is 9.59 Å². The highest BCUT2D eigenvalue weighted by atomic mass is 79.9. The van der Waals surface area contributed by atoms with Crippen LogP contribution >= 0.6 is 15.9 Å². The Morgan fingerprint density at radius 3 is 2.50 bits per heavy atom. The number of carbonyl (C=O) groups excluding carboxylic acids is 2. The highest BCUT2D eigenvalue weighted by Gasteiger charge is 2.10. The smallest absolute Gasteiger partial charge is 0.287 e. The van der Waals surface area contributed by atoms with Gasteiger partial charge in [-0.15, -0.1) is 0 Å². The van der Waals surface area contributed by atoms with Crippen molar-refractivity contribution in [3.05, 3.63) is 52.4 Å². The molecule has 0 spiro atoms. The van der Waals surface area contributed by atoms with Crippen molar-refractivity contribution in [3.63, 3.8) is 0 Å². The summed E-state index contributed by atoms with van der Waals surface area (Å²) in [5, 5.41) is 5.36. The molecule has 2 amide bonds. The van der Waals surface area contributed by atoms with E-state index in [1.807, 2.05) is 0 Å². The van der Waals surface area contributed by atoms with E-state index >= 15 is 0 Å². The van der Waals surface area contributed by atoms with E-state index in [4.69, 9.17) is 9.15 Å². The van der Waals surface area contributed by atoms with Crippen LogP contribution in [0.5, 0.6) is 5.75 Å². The van der Waals surface area contributed by atoms with Crippen LogP contribution in [0.4, 0.5) is 0 Å². The lowest BCUT2D eigenvalue weighted by atomic mass is 10.2. The van der Waals surface area contributed by atoms with Gasteiger partial charge in [-0.3, -0.25) is 9.59 Å². The fourth-order valence-electron chi connectivity index (χ4n) is 1.74. The minimum atomic E-state index is -0.332. The van der Waals surface area contributed by atoms with E-state index in [1.54, 1.807) is 43.5 Å². The molecule has 1 heterocycles. The summed E-state index contributed by atoms with van der Waals surface area (Å²) in [6, 6.07) is 10.0. The summed E-state index contributed by atoms with van der Waals surface area (Å²) in [6.45, 7) is 0.608. The van der Waals surface area contributed by atoms with E-state index in [2.05, 4.69) is 26.6 Å². The fourth-order valence-corrected chi connectivity index (χ4v) is 2.05. The average Bonchev–Trinajstić information content (AvgIpc) is 2.97. The van der Waals surface area contributed by atoms with Crippen LogP contribution in [0.25, 0.3) is 0 Å². The lowest BCUT2D eigenvalue weighted by Gasteiger charge is -2.07. The monoisotopic (exact) mass is 366 g/mol. The Morgan fingerprint density at radius 1 is 1.14 bits per heavy atom. The zero-order chi connectivity index (χ0) is 15.9. The van der Waals surface area contributed by atoms with Crippen LogP contribution < -0.4 is 15.4 Å². The Labute approximate surface area is 136 Å². The van der Waals surface area contributed by atoms with E-state index in [-0.39, 0.29) is 17.6 Å². The topological polar surface area (TPSA) is 80.6 Å². The van der Waals surface area contributed by atoms with Crippen molar-refractivity contribution in [1.29, 1.82) is 0 Å². The van der Waals surface area contributed by atoms with Crippen molar-refractivity contribution in [1.82, 2.24) is 10.6 Å². The van der Waals surface area contributed by atoms with Gasteiger partial charge in [0.05, 0.1) is 7.11 Å². The van der Waals surface area contributed by atoms with Gasteiger partial charge >= 0.3 is 0 Å². The zero-order valence-electron chi connectivity index (χ0n) is 11.9. The van der Waals surface area contributed by atoms with Crippen molar-refractivity contribution in [2.24, 2.45) is 0 Å². The van der Waals surface area contributed by atoms with Crippen LogP contribution in [-0.2, 0) is 0 Å². The summed E-state index contributed by atoms with van der Waals surface area (Å²) in [5.41, 5.74) is 0.501. The highest BCUT2D eigenvalue weighted by molar-refractivity contribution is 9.10. The third-order valence-electron chi connectivity index (χ3n) is 2.83. The number of furan rings is 1. The predicted octanol–water partition coefficient (Wildman–Crippen LogP) is 2.21. The van der Waals surface area contributed by atoms with Gasteiger partial charge in [0.25, 0.3) is 11.8 Å². The van der Waals surface area contributed by atoms with E-state index in [0.717, 1.165) is 0 Å². The zero-order valence-corrected chi connectivity index (χ0v) is 13.5. The molecule has 6 nitrogen and oxygen atoms in total. The fraction of sp³-hybridized carbons (Fsp3) is 0.200. The lowest BCUT2D eigenvalue weighted by molar-refractivity contribution is 0.0909. The lowest BCUT2D eigenvalue weighted by Crippen LogP contribution is -2.34. The molecule has 1 aromatic heterocycles. The Hall–Kier alpha value is -2.28. The number of halogens is 1. The molecule has 22 heavy (non-hydrogen) atoms. The van der Waals surface area contributed by atoms with Crippen LogP contribution in [0.2, 0.25) is 0 Å². The van der Waals surface area contributed by atoms with E-state index in [0.29, 0.717) is 29.1 Å². The number of hydrogen-bond donors (Lipinski definition) is 2. The Bertz CT molecular complexity index is 669. The largest absolute Gasteiger partial charge is 0.497 e. The van der Waals surface area contributed by atoms with Gasteiger partial charge in [0.15, 0.2) is 10.4 Å². The van der Waals surface area contributed by atoms with Gasteiger partial charge in [-0.1, -0.05) is 6.07 Å². The molecule has 116 valence electrons. The second-order valence-corrected chi connectivity index (χ2v) is 5.13. The first-order valence-electron chi connectivity index (χ1n) is 6.56. The van der Waals surface area contributed by atoms with E-state index < -0.39 is 0 Å². The highest BCUT2D eigenvalue weighted by Crippen LogP contribution is 2.13. The SMILES string of the molecule is COc1cccc(C(=O)NCCNC(=O)c2ccc(Br)o2)c1. The average molecular weight is 367 g/mol. The Morgan fingerprint density at radius 2 is 1.86 bits per heavy atom. The summed E-state index contributed by atoms with van der Waals surface area (Å²) in [4.78, 5) is 23.6. The van der Waals surface area contributed by atoms with Gasteiger partial charge in [-0.2, -0.15) is 0 Å². The molecule has 0 fully saturated rings. The summed E-state index contributed by atoms with van der Waals surface area (Å²) >= 11 is 3.13. The van der Waals surface area contributed by atoms with Crippen molar-refractivity contribution < 1.29 is 18.7 Å². The van der Waals surface area contributed by atoms with E-state index in [1.165, 1.54) is 0 Å². The summed E-state index contributed by atoms with van der Waals surface area (Å²) in [5.74, 6) is 0.269. The molecular formula is C15H15BrN2O4. The van der Waals surface area contributed by atoms with Crippen molar-refractivity contribution in [2.45, 2.75) is 0 Å². The maximum Gasteiger partial charge on any atom is 0.287 e. The normalized spacial score (nSPS) is 10.1. The first-order chi connectivity index (χ1) is 10.6. The second kappa shape index (κ2) is 7.65. The number of methoxy groups -OCH3 is 1. The quantitative estimate of drug-likeness (QED) is 0.768. The van der Waals surface area contributed by atoms with Gasteiger partial charge in [0.2, 0.25) is 0 Å². The van der Waals surface area contributed by atoms with Gasteiger partial charge < -0.3 is 19.8 Å². The predicted molar refractivity (Wildman–Crippen MR) is 84.1 cm³/mol. The van der Waals surface area contributed by atoms with Gasteiger partial charge in [0, 0.05) is 18.7 Å². The Kier molecular flexibility index (Phi) is 5.60. The van der Waals surface area contributed by atoms with Crippen LogP contribution in [0.15, 0.2) is 45.5 Å². The number of nitrogens with one attached hydrogen (secondary N) is 2. The third-order valence-corrected chi connectivity index (χ3v) is 3.25. The van der Waals surface area contributed by atoms with Crippen molar-refractivity contribution >= 4 is 27.7 Å². The number of carbonyl (C=O) groups is 2. The second-order valence-electron chi connectivity index (χ2n) is 4.35. The molecule has 0 saturated heterocycles. The summed E-state index contributed by atoms with van der Waals surface area (Å²) in [6.07, 6.45) is 0. The molecule has 0 aliphatic carbocycles. The molecule has 0 atom stereocenters. The van der Waals surface area contributed by atoms with Gasteiger partial charge in [-0.25, -0.2) is 0 Å². The van der Waals surface area contributed by atoms with Crippen LogP contribution in [0.1, 0.15) is 20.9 Å². The van der Waals surface area contributed by atoms with Crippen LogP contribution in [0, 0.1) is 0 Å². The minimum absolute atomic E-state index is 0.214. The standard InChI is InChI=1S/C15H15BrN2O4/c1-21-11-4-2-3-10(9-11)14(19)17-7-8-18-15(20)12-5-6-13(16)22-12/h2-6,9H,7-8H2,1H3,(H,17,19)(H,18,20).